The lowest BCUT2D eigenvalue weighted by Gasteiger charge is -1.99. The van der Waals surface area contributed by atoms with Gasteiger partial charge < -0.3 is 15.8 Å². The van der Waals surface area contributed by atoms with Gasteiger partial charge in [-0.15, -0.1) is 5.10 Å². The summed E-state index contributed by atoms with van der Waals surface area (Å²) in [5.41, 5.74) is 5.99. The van der Waals surface area contributed by atoms with Crippen molar-refractivity contribution in [2.45, 2.75) is 12.8 Å². The van der Waals surface area contributed by atoms with E-state index < -0.39 is 4.92 Å². The van der Waals surface area contributed by atoms with Crippen molar-refractivity contribution in [2.24, 2.45) is 5.73 Å². The van der Waals surface area contributed by atoms with Gasteiger partial charge in [-0.05, 0) is 4.92 Å². The molecule has 0 bridgehead atoms. The molecule has 12 heavy (non-hydrogen) atoms. The van der Waals surface area contributed by atoms with Crippen LogP contribution in [0.5, 0.6) is 0 Å². The number of nitrogens with one attached hydrogen (secondary N) is 1. The molecule has 0 radical (unpaired) electrons. The summed E-state index contributed by atoms with van der Waals surface area (Å²) in [4.78, 5) is 9.71. The van der Waals surface area contributed by atoms with Gasteiger partial charge in [0.05, 0.1) is 11.8 Å². The van der Waals surface area contributed by atoms with Gasteiger partial charge in [0, 0.05) is 12.5 Å². The van der Waals surface area contributed by atoms with E-state index in [4.69, 9.17) is 5.73 Å². The van der Waals surface area contributed by atoms with Gasteiger partial charge in [-0.3, -0.25) is 0 Å². The highest BCUT2D eigenvalue weighted by Gasteiger charge is 2.13. The lowest BCUT2D eigenvalue weighted by molar-refractivity contribution is -0.389. The standard InChI is InChI=1S/C6H10N4O2/c1-4(3-7)5-2-6(9-8-5)10(11)12/h2,4H,3,7H2,1H3,(H,8,9). The van der Waals surface area contributed by atoms with Gasteiger partial charge in [0.25, 0.3) is 0 Å². The highest BCUT2D eigenvalue weighted by Crippen LogP contribution is 2.15. The second-order valence-electron chi connectivity index (χ2n) is 2.57. The summed E-state index contributed by atoms with van der Waals surface area (Å²) in [6, 6.07) is 1.40. The van der Waals surface area contributed by atoms with Crippen molar-refractivity contribution >= 4 is 5.82 Å². The van der Waals surface area contributed by atoms with Crippen LogP contribution in [0.2, 0.25) is 0 Å². The number of rotatable bonds is 3. The molecule has 0 saturated carbocycles. The van der Waals surface area contributed by atoms with Crippen LogP contribution < -0.4 is 5.73 Å². The third kappa shape index (κ3) is 1.59. The fourth-order valence-electron chi connectivity index (χ4n) is 0.793. The molecule has 0 amide bonds. The molecule has 0 fully saturated rings. The highest BCUT2D eigenvalue weighted by molar-refractivity contribution is 5.22. The summed E-state index contributed by atoms with van der Waals surface area (Å²) in [5.74, 6) is -0.0414. The van der Waals surface area contributed by atoms with E-state index in [0.717, 1.165) is 0 Å². The lowest BCUT2D eigenvalue weighted by Crippen LogP contribution is -2.08. The normalized spacial score (nSPS) is 12.8. The van der Waals surface area contributed by atoms with Crippen LogP contribution in [0, 0.1) is 10.1 Å². The minimum atomic E-state index is -0.514. The van der Waals surface area contributed by atoms with E-state index in [1.165, 1.54) is 6.07 Å². The molecular weight excluding hydrogens is 160 g/mol. The summed E-state index contributed by atoms with van der Waals surface area (Å²) in [5, 5.41) is 16.3. The number of aromatic nitrogens is 2. The molecule has 0 aliphatic heterocycles. The summed E-state index contributed by atoms with van der Waals surface area (Å²) < 4.78 is 0. The fraction of sp³-hybridized carbons (Fsp3) is 0.500. The van der Waals surface area contributed by atoms with E-state index >= 15 is 0 Å². The molecule has 1 aromatic heterocycles. The van der Waals surface area contributed by atoms with Gasteiger partial charge in [-0.2, -0.15) is 0 Å². The quantitative estimate of drug-likeness (QED) is 0.506. The molecule has 66 valence electrons. The number of nitro groups is 1. The number of H-pyrrole nitrogens is 1. The van der Waals surface area contributed by atoms with Crippen LogP contribution in [0.1, 0.15) is 18.5 Å². The Kier molecular flexibility index (Phi) is 2.39. The van der Waals surface area contributed by atoms with Crippen LogP contribution in [0.4, 0.5) is 5.82 Å². The van der Waals surface area contributed by atoms with Crippen LogP contribution in [-0.2, 0) is 0 Å². The summed E-state index contributed by atoms with van der Waals surface area (Å²) in [7, 11) is 0. The van der Waals surface area contributed by atoms with Gasteiger partial charge in [0.2, 0.25) is 0 Å². The number of hydrogen-bond donors (Lipinski definition) is 2. The topological polar surface area (TPSA) is 97.8 Å². The SMILES string of the molecule is CC(CN)c1cc([N+](=O)[O-])[nH]n1. The minimum Gasteiger partial charge on any atom is -0.358 e. The number of nitrogens with zero attached hydrogens (tertiary/aromatic N) is 2. The molecule has 0 spiro atoms. The zero-order chi connectivity index (χ0) is 9.14. The maximum absolute atomic E-state index is 10.2. The van der Waals surface area contributed by atoms with Crippen LogP contribution in [0.25, 0.3) is 0 Å². The molecule has 0 aliphatic rings. The Balaban J connectivity index is 2.84. The molecule has 1 heterocycles. The smallest absolute Gasteiger partial charge is 0.342 e. The number of hydrogen-bond acceptors (Lipinski definition) is 4. The molecule has 1 rings (SSSR count). The first-order chi connectivity index (χ1) is 5.65. The van der Waals surface area contributed by atoms with Crippen LogP contribution >= 0.6 is 0 Å². The van der Waals surface area contributed by atoms with Gasteiger partial charge >= 0.3 is 5.82 Å². The van der Waals surface area contributed by atoms with E-state index in [2.05, 4.69) is 10.2 Å². The van der Waals surface area contributed by atoms with Crippen molar-refractivity contribution in [3.63, 3.8) is 0 Å². The predicted molar refractivity (Wildman–Crippen MR) is 42.7 cm³/mol. The van der Waals surface area contributed by atoms with Crippen molar-refractivity contribution in [3.8, 4) is 0 Å². The van der Waals surface area contributed by atoms with Gasteiger partial charge in [-0.1, -0.05) is 12.0 Å². The second kappa shape index (κ2) is 3.31. The van der Waals surface area contributed by atoms with E-state index in [9.17, 15) is 10.1 Å². The second-order valence-corrected chi connectivity index (χ2v) is 2.57. The molecule has 1 aromatic rings. The lowest BCUT2D eigenvalue weighted by atomic mass is 10.1. The largest absolute Gasteiger partial charge is 0.358 e. The van der Waals surface area contributed by atoms with Crippen molar-refractivity contribution in [3.05, 3.63) is 21.9 Å². The van der Waals surface area contributed by atoms with Gasteiger partial charge in [0.1, 0.15) is 0 Å². The molecule has 6 nitrogen and oxygen atoms in total. The Bertz CT molecular complexity index is 283. The Morgan fingerprint density at radius 3 is 3.00 bits per heavy atom. The summed E-state index contributed by atoms with van der Waals surface area (Å²) in [6.45, 7) is 2.29. The third-order valence-electron chi connectivity index (χ3n) is 1.64. The Morgan fingerprint density at radius 2 is 2.58 bits per heavy atom. The number of nitrogens with two attached hydrogens (primary N) is 1. The van der Waals surface area contributed by atoms with Crippen molar-refractivity contribution in [1.82, 2.24) is 10.2 Å². The first-order valence-corrected chi connectivity index (χ1v) is 3.55. The Morgan fingerprint density at radius 1 is 1.92 bits per heavy atom. The maximum Gasteiger partial charge on any atom is 0.342 e. The van der Waals surface area contributed by atoms with Crippen molar-refractivity contribution in [2.75, 3.05) is 6.54 Å². The molecule has 6 heteroatoms. The maximum atomic E-state index is 10.2. The average Bonchev–Trinajstić information content (AvgIpc) is 2.51. The van der Waals surface area contributed by atoms with E-state index in [1.807, 2.05) is 6.92 Å². The van der Waals surface area contributed by atoms with Crippen LogP contribution in [-0.4, -0.2) is 21.7 Å². The molecule has 1 atom stereocenters. The zero-order valence-corrected chi connectivity index (χ0v) is 6.65. The molecule has 0 saturated heterocycles. The van der Waals surface area contributed by atoms with Crippen LogP contribution in [0.3, 0.4) is 0 Å². The first kappa shape index (κ1) is 8.66. The third-order valence-corrected chi connectivity index (χ3v) is 1.64. The Hall–Kier alpha value is -1.43. The van der Waals surface area contributed by atoms with E-state index in [0.29, 0.717) is 12.2 Å². The molecule has 1 unspecified atom stereocenters. The minimum absolute atomic E-state index is 0.0509. The van der Waals surface area contributed by atoms with E-state index in [1.54, 1.807) is 0 Å². The summed E-state index contributed by atoms with van der Waals surface area (Å²) >= 11 is 0. The van der Waals surface area contributed by atoms with Crippen molar-refractivity contribution in [1.29, 1.82) is 0 Å². The van der Waals surface area contributed by atoms with E-state index in [-0.39, 0.29) is 11.7 Å². The number of aromatic amines is 1. The van der Waals surface area contributed by atoms with Crippen LogP contribution in [0.15, 0.2) is 6.07 Å². The predicted octanol–water partition coefficient (Wildman–Crippen LogP) is 0.380. The van der Waals surface area contributed by atoms with Gasteiger partial charge in [-0.25, -0.2) is 0 Å². The average molecular weight is 170 g/mol. The molecule has 0 aliphatic carbocycles. The monoisotopic (exact) mass is 170 g/mol. The fourth-order valence-corrected chi connectivity index (χ4v) is 0.793. The van der Waals surface area contributed by atoms with Gasteiger partial charge in [0.15, 0.2) is 0 Å². The Labute approximate surface area is 68.9 Å². The zero-order valence-electron chi connectivity index (χ0n) is 6.65. The first-order valence-electron chi connectivity index (χ1n) is 3.55. The highest BCUT2D eigenvalue weighted by atomic mass is 16.6. The van der Waals surface area contributed by atoms with Crippen molar-refractivity contribution < 1.29 is 4.92 Å². The molecular formula is C6H10N4O2. The molecule has 3 N–H and O–H groups in total. The summed E-state index contributed by atoms with van der Waals surface area (Å²) in [6.07, 6.45) is 0. The molecule has 0 aromatic carbocycles.